The van der Waals surface area contributed by atoms with Crippen molar-refractivity contribution >= 4 is 5.91 Å². The zero-order valence-corrected chi connectivity index (χ0v) is 3.14. The molecular weight excluding hydrogens is 86.0 g/mol. The van der Waals surface area contributed by atoms with Crippen molar-refractivity contribution in [3.8, 4) is 0 Å². The van der Waals surface area contributed by atoms with Crippen LogP contribution in [0.2, 0.25) is 0 Å². The summed E-state index contributed by atoms with van der Waals surface area (Å²) in [6, 6.07) is 0. The molecule has 0 atom stereocenters. The molecule has 4 nitrogen and oxygen atoms in total. The molecule has 6 heavy (non-hydrogen) atoms. The highest BCUT2D eigenvalue weighted by molar-refractivity contribution is 5.74. The zero-order valence-electron chi connectivity index (χ0n) is 3.14. The lowest BCUT2D eigenvalue weighted by atomic mass is 10.7. The lowest BCUT2D eigenvalue weighted by Crippen LogP contribution is -2.14. The van der Waals surface area contributed by atoms with E-state index in [9.17, 15) is 4.79 Å². The summed E-state index contributed by atoms with van der Waals surface area (Å²) in [4.78, 5) is 9.34. The Labute approximate surface area is 34.9 Å². The number of nitrogens with two attached hydrogens (primary N) is 1. The predicted molar refractivity (Wildman–Crippen MR) is 19.9 cm³/mol. The van der Waals surface area contributed by atoms with E-state index in [0.717, 1.165) is 0 Å². The number of aliphatic hydroxyl groups excluding tert-OH is 1. The second-order valence-electron chi connectivity index (χ2n) is 0.624. The molecule has 0 bridgehead atoms. The smallest absolute Gasteiger partial charge is 0.243 e. The molecule has 0 heterocycles. The van der Waals surface area contributed by atoms with Crippen LogP contribution < -0.4 is 5.73 Å². The molecule has 0 saturated heterocycles. The molecular formula is C2H7NO3. The van der Waals surface area contributed by atoms with Gasteiger partial charge in [0, 0.05) is 0 Å². The van der Waals surface area contributed by atoms with Crippen LogP contribution in [0.1, 0.15) is 0 Å². The van der Waals surface area contributed by atoms with Crippen LogP contribution >= 0.6 is 0 Å². The van der Waals surface area contributed by atoms with Crippen LogP contribution in [0.15, 0.2) is 0 Å². The number of rotatable bonds is 1. The summed E-state index contributed by atoms with van der Waals surface area (Å²) in [5, 5.41) is 7.67. The topological polar surface area (TPSA) is 94.8 Å². The van der Waals surface area contributed by atoms with Gasteiger partial charge in [-0.05, 0) is 0 Å². The molecule has 0 saturated carbocycles. The van der Waals surface area contributed by atoms with Crippen molar-refractivity contribution in [2.24, 2.45) is 5.73 Å². The minimum Gasteiger partial charge on any atom is -0.412 e. The van der Waals surface area contributed by atoms with E-state index in [1.807, 2.05) is 0 Å². The summed E-state index contributed by atoms with van der Waals surface area (Å²) >= 11 is 0. The Hall–Kier alpha value is -0.610. The van der Waals surface area contributed by atoms with Crippen LogP contribution in [0, 0.1) is 0 Å². The van der Waals surface area contributed by atoms with Gasteiger partial charge in [-0.3, -0.25) is 4.79 Å². The maximum absolute atomic E-state index is 9.34. The molecule has 4 heteroatoms. The van der Waals surface area contributed by atoms with Gasteiger partial charge in [0.25, 0.3) is 0 Å². The predicted octanol–water partition coefficient (Wildman–Crippen LogP) is -2.36. The highest BCUT2D eigenvalue weighted by Gasteiger charge is 1.78. The first-order valence-corrected chi connectivity index (χ1v) is 1.16. The van der Waals surface area contributed by atoms with Gasteiger partial charge >= 0.3 is 0 Å². The molecule has 0 aliphatic heterocycles. The molecule has 0 rings (SSSR count). The van der Waals surface area contributed by atoms with E-state index in [0.29, 0.717) is 0 Å². The lowest BCUT2D eigenvalue weighted by molar-refractivity contribution is -0.120. The quantitative estimate of drug-likeness (QED) is 0.379. The first kappa shape index (κ1) is 9.04. The second kappa shape index (κ2) is 4.39. The third-order valence-electron chi connectivity index (χ3n) is 0.156. The number of carbonyl (C=O) groups is 1. The molecule has 0 aliphatic carbocycles. The van der Waals surface area contributed by atoms with Gasteiger partial charge in [-0.1, -0.05) is 0 Å². The Morgan fingerprint density at radius 1 is 1.83 bits per heavy atom. The van der Waals surface area contributed by atoms with Crippen LogP contribution in [0.3, 0.4) is 0 Å². The molecule has 38 valence electrons. The molecule has 0 aromatic rings. The number of primary amides is 1. The van der Waals surface area contributed by atoms with Crippen LogP contribution in [-0.2, 0) is 4.79 Å². The highest BCUT2D eigenvalue weighted by atomic mass is 16.3. The summed E-state index contributed by atoms with van der Waals surface area (Å²) in [5.41, 5.74) is 4.40. The van der Waals surface area contributed by atoms with E-state index >= 15 is 0 Å². The largest absolute Gasteiger partial charge is 0.412 e. The molecule has 0 aromatic heterocycles. The molecule has 5 N–H and O–H groups in total. The van der Waals surface area contributed by atoms with Crippen molar-refractivity contribution in [2.45, 2.75) is 0 Å². The summed E-state index contributed by atoms with van der Waals surface area (Å²) in [5.74, 6) is -0.690. The maximum atomic E-state index is 9.34. The minimum atomic E-state index is -0.690. The molecule has 0 unspecified atom stereocenters. The summed E-state index contributed by atoms with van der Waals surface area (Å²) < 4.78 is 0. The minimum absolute atomic E-state index is 0. The third kappa shape index (κ3) is 10.0. The van der Waals surface area contributed by atoms with Gasteiger partial charge in [0.2, 0.25) is 5.91 Å². The average Bonchev–Trinajstić information content (AvgIpc) is 1.38. The number of aliphatic hydroxyl groups is 1. The van der Waals surface area contributed by atoms with Crippen molar-refractivity contribution in [1.82, 2.24) is 0 Å². The van der Waals surface area contributed by atoms with Crippen molar-refractivity contribution in [3.05, 3.63) is 0 Å². The van der Waals surface area contributed by atoms with E-state index in [2.05, 4.69) is 5.73 Å². The van der Waals surface area contributed by atoms with E-state index in [1.165, 1.54) is 0 Å². The van der Waals surface area contributed by atoms with Crippen molar-refractivity contribution < 1.29 is 15.4 Å². The Bertz CT molecular complexity index is 44.1. The lowest BCUT2D eigenvalue weighted by Gasteiger charge is -1.73. The van der Waals surface area contributed by atoms with Crippen LogP contribution in [0.5, 0.6) is 0 Å². The fourth-order valence-electron chi connectivity index (χ4n) is 0. The average molecular weight is 93.1 g/mol. The molecule has 0 radical (unpaired) electrons. The van der Waals surface area contributed by atoms with Gasteiger partial charge in [-0.2, -0.15) is 0 Å². The van der Waals surface area contributed by atoms with E-state index in [-0.39, 0.29) is 5.48 Å². The molecule has 0 aromatic carbocycles. The number of carbonyl (C=O) groups excluding carboxylic acids is 1. The van der Waals surface area contributed by atoms with E-state index < -0.39 is 12.5 Å². The van der Waals surface area contributed by atoms with Crippen molar-refractivity contribution in [1.29, 1.82) is 0 Å². The Kier molecular flexibility index (Phi) is 6.61. The zero-order chi connectivity index (χ0) is 4.28. The normalized spacial score (nSPS) is 6.17. The van der Waals surface area contributed by atoms with Crippen LogP contribution in [-0.4, -0.2) is 23.1 Å². The highest BCUT2D eigenvalue weighted by Crippen LogP contribution is 1.42. The standard InChI is InChI=1S/C2H5NO2.H2O/c3-2(5)1-4;/h4H,1H2,(H2,3,5);1H2. The Morgan fingerprint density at radius 2 is 2.00 bits per heavy atom. The van der Waals surface area contributed by atoms with Gasteiger partial charge in [-0.25, -0.2) is 0 Å². The fourth-order valence-corrected chi connectivity index (χ4v) is 0. The van der Waals surface area contributed by atoms with Crippen molar-refractivity contribution in [2.75, 3.05) is 6.61 Å². The van der Waals surface area contributed by atoms with Crippen LogP contribution in [0.4, 0.5) is 0 Å². The van der Waals surface area contributed by atoms with Gasteiger partial charge in [0.1, 0.15) is 6.61 Å². The van der Waals surface area contributed by atoms with E-state index in [4.69, 9.17) is 5.11 Å². The molecule has 0 aliphatic rings. The summed E-state index contributed by atoms with van der Waals surface area (Å²) in [6.07, 6.45) is 0. The third-order valence-corrected chi connectivity index (χ3v) is 0.156. The second-order valence-corrected chi connectivity index (χ2v) is 0.624. The van der Waals surface area contributed by atoms with E-state index in [1.54, 1.807) is 0 Å². The van der Waals surface area contributed by atoms with Crippen LogP contribution in [0.25, 0.3) is 0 Å². The Balaban J connectivity index is 0. The van der Waals surface area contributed by atoms with Gasteiger partial charge in [-0.15, -0.1) is 0 Å². The Morgan fingerprint density at radius 3 is 2.00 bits per heavy atom. The molecule has 0 spiro atoms. The number of hydrogen-bond donors (Lipinski definition) is 2. The summed E-state index contributed by atoms with van der Waals surface area (Å²) in [7, 11) is 0. The van der Waals surface area contributed by atoms with Gasteiger partial charge < -0.3 is 16.3 Å². The van der Waals surface area contributed by atoms with Gasteiger partial charge in [0.15, 0.2) is 0 Å². The molecule has 1 amide bonds. The number of amides is 1. The van der Waals surface area contributed by atoms with Crippen molar-refractivity contribution in [3.63, 3.8) is 0 Å². The maximum Gasteiger partial charge on any atom is 0.243 e. The molecule has 0 fully saturated rings. The summed E-state index contributed by atoms with van der Waals surface area (Å²) in [6.45, 7) is -0.556. The first-order chi connectivity index (χ1) is 2.27. The van der Waals surface area contributed by atoms with Gasteiger partial charge in [0.05, 0.1) is 0 Å². The number of hydrogen-bond acceptors (Lipinski definition) is 2. The monoisotopic (exact) mass is 93.0 g/mol. The fraction of sp³-hybridized carbons (Fsp3) is 0.500. The first-order valence-electron chi connectivity index (χ1n) is 1.16. The SMILES string of the molecule is NC(=O)CO.O.